The Bertz CT molecular complexity index is 2470. The summed E-state index contributed by atoms with van der Waals surface area (Å²) in [6.45, 7) is 0. The molecule has 2 heterocycles. The first-order chi connectivity index (χ1) is 21.3. The maximum atomic E-state index is 2.43. The van der Waals surface area contributed by atoms with Gasteiger partial charge < -0.3 is 0 Å². The van der Waals surface area contributed by atoms with Crippen LogP contribution in [0, 0.1) is 0 Å². The molecule has 3 heteroatoms. The van der Waals surface area contributed by atoms with Crippen LogP contribution >= 0.6 is 11.3 Å². The Kier molecular flexibility index (Phi) is 5.77. The number of rotatable bonds is 4. The van der Waals surface area contributed by atoms with Crippen LogP contribution in [0.5, 0.6) is 0 Å². The zero-order valence-electron chi connectivity index (χ0n) is 23.2. The van der Waals surface area contributed by atoms with E-state index in [0.29, 0.717) is 0 Å². The molecule has 0 saturated heterocycles. The van der Waals surface area contributed by atoms with E-state index < -0.39 is 0 Å². The Labute approximate surface area is 259 Å². The molecule has 0 amide bonds. The third-order valence-corrected chi connectivity index (χ3v) is 12.1. The number of nitrogens with zero attached hydrogens (tertiary/aromatic N) is 1. The van der Waals surface area contributed by atoms with Gasteiger partial charge in [-0.3, -0.25) is 0 Å². The van der Waals surface area contributed by atoms with Crippen molar-refractivity contribution in [1.82, 2.24) is 0 Å². The molecule has 0 spiro atoms. The fourth-order valence-corrected chi connectivity index (χ4v) is 10.1. The van der Waals surface area contributed by atoms with Crippen molar-refractivity contribution in [2.75, 3.05) is 4.90 Å². The van der Waals surface area contributed by atoms with Crippen LogP contribution in [0.1, 0.15) is 0 Å². The van der Waals surface area contributed by atoms with Gasteiger partial charge in [0.1, 0.15) is 0 Å². The average Bonchev–Trinajstić information content (AvgIpc) is 3.63. The summed E-state index contributed by atoms with van der Waals surface area (Å²) in [5, 5.41) is 8.11. The van der Waals surface area contributed by atoms with Gasteiger partial charge in [-0.25, -0.2) is 0 Å². The zero-order valence-corrected chi connectivity index (χ0v) is 25.7. The molecule has 7 aromatic carbocycles. The third-order valence-electron chi connectivity index (χ3n) is 8.44. The van der Waals surface area contributed by atoms with Gasteiger partial charge in [-0.2, -0.15) is 0 Å². The van der Waals surface area contributed by atoms with Gasteiger partial charge in [0.2, 0.25) is 0 Å². The molecule has 0 saturated carbocycles. The van der Waals surface area contributed by atoms with Crippen molar-refractivity contribution < 1.29 is 0 Å². The summed E-state index contributed by atoms with van der Waals surface area (Å²) in [5.41, 5.74) is 5.95. The standard InChI is InChI=1S/C40H25NSSe/c1-2-9-26(10-3-1)28-12-8-13-29(23-28)41(31-18-21-34-33-15-6-7-16-37(33)42-38(34)25-31)30-19-22-39-36(24-30)35-20-17-27-11-4-5-14-32(27)40(35)43-39/h1-25H. The van der Waals surface area contributed by atoms with E-state index in [0.717, 1.165) is 5.69 Å². The van der Waals surface area contributed by atoms with Gasteiger partial charge in [0, 0.05) is 0 Å². The molecule has 0 aliphatic rings. The quantitative estimate of drug-likeness (QED) is 0.175. The van der Waals surface area contributed by atoms with Crippen molar-refractivity contribution in [2.45, 2.75) is 0 Å². The Balaban J connectivity index is 1.27. The number of hydrogen-bond acceptors (Lipinski definition) is 2. The van der Waals surface area contributed by atoms with Gasteiger partial charge in [-0.1, -0.05) is 0 Å². The van der Waals surface area contributed by atoms with Crippen LogP contribution in [0.15, 0.2) is 152 Å². The summed E-state index contributed by atoms with van der Waals surface area (Å²) in [5.74, 6) is 0. The summed E-state index contributed by atoms with van der Waals surface area (Å²) in [4.78, 5) is 2.43. The molecule has 0 unspecified atom stereocenters. The first-order valence-corrected chi connectivity index (χ1v) is 17.0. The fourth-order valence-electron chi connectivity index (χ4n) is 6.39. The van der Waals surface area contributed by atoms with Crippen molar-refractivity contribution in [3.63, 3.8) is 0 Å². The molecule has 9 rings (SSSR count). The van der Waals surface area contributed by atoms with E-state index in [1.165, 1.54) is 72.7 Å². The SMILES string of the molecule is c1ccc(-c2cccc(N(c3ccc4c(c3)sc3ccccc34)c3ccc4[se]c5c6ccccc6ccc5c4c3)c2)cc1. The van der Waals surface area contributed by atoms with Crippen molar-refractivity contribution in [2.24, 2.45) is 0 Å². The maximum absolute atomic E-state index is 2.43. The molecular weight excluding hydrogens is 605 g/mol. The van der Waals surface area contributed by atoms with Gasteiger partial charge in [0.05, 0.1) is 0 Å². The minimum atomic E-state index is 0.290. The predicted octanol–water partition coefficient (Wildman–Crippen LogP) is 11.7. The average molecular weight is 631 g/mol. The molecule has 0 radical (unpaired) electrons. The van der Waals surface area contributed by atoms with Gasteiger partial charge in [0.15, 0.2) is 0 Å². The molecule has 2 aromatic heterocycles. The van der Waals surface area contributed by atoms with E-state index in [-0.39, 0.29) is 14.5 Å². The van der Waals surface area contributed by atoms with Crippen molar-refractivity contribution >= 4 is 93.1 Å². The molecule has 0 bridgehead atoms. The van der Waals surface area contributed by atoms with Crippen LogP contribution in [-0.4, -0.2) is 14.5 Å². The zero-order chi connectivity index (χ0) is 28.3. The topological polar surface area (TPSA) is 3.24 Å². The second kappa shape index (κ2) is 9.97. The summed E-state index contributed by atoms with van der Waals surface area (Å²) in [7, 11) is 0. The van der Waals surface area contributed by atoms with Crippen molar-refractivity contribution in [3.8, 4) is 11.1 Å². The van der Waals surface area contributed by atoms with Crippen LogP contribution in [-0.2, 0) is 0 Å². The normalized spacial score (nSPS) is 11.7. The molecule has 9 aromatic rings. The van der Waals surface area contributed by atoms with E-state index in [1.54, 1.807) is 0 Å². The van der Waals surface area contributed by atoms with Gasteiger partial charge in [-0.15, -0.1) is 0 Å². The first kappa shape index (κ1) is 24.9. The molecule has 0 aliphatic heterocycles. The van der Waals surface area contributed by atoms with E-state index in [4.69, 9.17) is 0 Å². The van der Waals surface area contributed by atoms with Crippen LogP contribution < -0.4 is 4.90 Å². The fraction of sp³-hybridized carbons (Fsp3) is 0. The monoisotopic (exact) mass is 631 g/mol. The number of hydrogen-bond donors (Lipinski definition) is 0. The Morgan fingerprint density at radius 2 is 1.12 bits per heavy atom. The number of thiophene rings is 1. The molecule has 202 valence electrons. The summed E-state index contributed by atoms with van der Waals surface area (Å²) in [6, 6.07) is 55.8. The van der Waals surface area contributed by atoms with E-state index in [1.807, 2.05) is 11.3 Å². The van der Waals surface area contributed by atoms with Gasteiger partial charge >= 0.3 is 261 Å². The molecular formula is C40H25NSSe. The van der Waals surface area contributed by atoms with Gasteiger partial charge in [-0.05, 0) is 0 Å². The van der Waals surface area contributed by atoms with Crippen molar-refractivity contribution in [3.05, 3.63) is 152 Å². The van der Waals surface area contributed by atoms with Crippen LogP contribution in [0.4, 0.5) is 17.1 Å². The predicted molar refractivity (Wildman–Crippen MR) is 189 cm³/mol. The van der Waals surface area contributed by atoms with Crippen LogP contribution in [0.3, 0.4) is 0 Å². The minimum absolute atomic E-state index is 0.290. The van der Waals surface area contributed by atoms with Crippen molar-refractivity contribution in [1.29, 1.82) is 0 Å². The molecule has 1 nitrogen and oxygen atoms in total. The Morgan fingerprint density at radius 3 is 2.05 bits per heavy atom. The summed E-state index contributed by atoms with van der Waals surface area (Å²) in [6.07, 6.45) is 0. The summed E-state index contributed by atoms with van der Waals surface area (Å²) >= 11 is 2.16. The number of fused-ring (bicyclic) bond motifs is 8. The van der Waals surface area contributed by atoms with Crippen LogP contribution in [0.2, 0.25) is 0 Å². The molecule has 0 fully saturated rings. The number of anilines is 3. The Hall–Kier alpha value is -4.66. The number of benzene rings is 7. The third kappa shape index (κ3) is 4.12. The second-order valence-corrected chi connectivity index (χ2v) is 14.3. The molecule has 0 atom stereocenters. The molecule has 0 N–H and O–H groups in total. The second-order valence-electron chi connectivity index (χ2n) is 11.0. The molecule has 43 heavy (non-hydrogen) atoms. The van der Waals surface area contributed by atoms with Crippen LogP contribution in [0.25, 0.3) is 61.4 Å². The van der Waals surface area contributed by atoms with E-state index >= 15 is 0 Å². The summed E-state index contributed by atoms with van der Waals surface area (Å²) < 4.78 is 5.60. The molecule has 0 aliphatic carbocycles. The van der Waals surface area contributed by atoms with E-state index in [9.17, 15) is 0 Å². The van der Waals surface area contributed by atoms with E-state index in [2.05, 4.69) is 157 Å². The van der Waals surface area contributed by atoms with Gasteiger partial charge in [0.25, 0.3) is 0 Å². The Morgan fingerprint density at radius 1 is 0.419 bits per heavy atom. The first-order valence-electron chi connectivity index (χ1n) is 14.5.